The third kappa shape index (κ3) is 3.25. The molecule has 1 fully saturated rings. The molecule has 25 heavy (non-hydrogen) atoms. The summed E-state index contributed by atoms with van der Waals surface area (Å²) in [4.78, 5) is 28.5. The summed E-state index contributed by atoms with van der Waals surface area (Å²) in [5, 5.41) is 6.99. The molecule has 1 atom stereocenters. The number of nitrogens with one attached hydrogen (secondary N) is 1. The van der Waals surface area contributed by atoms with E-state index >= 15 is 0 Å². The minimum atomic E-state index is -0.486. The van der Waals surface area contributed by atoms with Crippen LogP contribution in [-0.2, 0) is 16.1 Å². The Balaban J connectivity index is 1.64. The lowest BCUT2D eigenvalue weighted by atomic mass is 10.0. The van der Waals surface area contributed by atoms with Gasteiger partial charge in [0.25, 0.3) is 5.91 Å². The Morgan fingerprint density at radius 2 is 2.08 bits per heavy atom. The molecule has 6 heteroatoms. The summed E-state index contributed by atoms with van der Waals surface area (Å²) in [5.74, 6) is -0.358. The van der Waals surface area contributed by atoms with Crippen molar-refractivity contribution in [2.45, 2.75) is 25.4 Å². The van der Waals surface area contributed by atoms with E-state index in [-0.39, 0.29) is 11.8 Å². The maximum atomic E-state index is 12.3. The highest BCUT2D eigenvalue weighted by molar-refractivity contribution is 7.07. The maximum Gasteiger partial charge on any atom is 0.270 e. The van der Waals surface area contributed by atoms with E-state index in [0.717, 1.165) is 0 Å². The molecular formula is C19H17N3O2S. The van der Waals surface area contributed by atoms with Crippen molar-refractivity contribution in [1.82, 2.24) is 9.88 Å². The second-order valence-corrected chi connectivity index (χ2v) is 6.93. The smallest absolute Gasteiger partial charge is 0.270 e. The summed E-state index contributed by atoms with van der Waals surface area (Å²) in [7, 11) is 0. The van der Waals surface area contributed by atoms with Crippen LogP contribution in [-0.4, -0.2) is 22.4 Å². The molecule has 3 aromatic rings. The summed E-state index contributed by atoms with van der Waals surface area (Å²) in [6.07, 6.45) is 2.86. The van der Waals surface area contributed by atoms with Crippen molar-refractivity contribution in [2.75, 3.05) is 0 Å². The SMILES string of the molecule is O=C1CC[C@H](C(=O)N=c2sccn2Cc2cccc3ccccc23)N1. The zero-order valence-corrected chi connectivity index (χ0v) is 14.3. The van der Waals surface area contributed by atoms with E-state index in [4.69, 9.17) is 0 Å². The number of amides is 2. The zero-order valence-electron chi connectivity index (χ0n) is 13.5. The summed E-state index contributed by atoms with van der Waals surface area (Å²) >= 11 is 1.42. The Kier molecular flexibility index (Phi) is 4.19. The Bertz CT molecular complexity index is 1010. The number of aromatic nitrogens is 1. The van der Waals surface area contributed by atoms with Crippen LogP contribution >= 0.6 is 11.3 Å². The second-order valence-electron chi connectivity index (χ2n) is 6.06. The first-order valence-electron chi connectivity index (χ1n) is 8.19. The average molecular weight is 351 g/mol. The lowest BCUT2D eigenvalue weighted by Crippen LogP contribution is -2.33. The molecule has 126 valence electrons. The van der Waals surface area contributed by atoms with Crippen LogP contribution in [0, 0.1) is 0 Å². The molecule has 1 N–H and O–H groups in total. The lowest BCUT2D eigenvalue weighted by Gasteiger charge is -2.08. The van der Waals surface area contributed by atoms with Gasteiger partial charge in [-0.15, -0.1) is 11.3 Å². The number of hydrogen-bond acceptors (Lipinski definition) is 3. The van der Waals surface area contributed by atoms with E-state index in [9.17, 15) is 9.59 Å². The Morgan fingerprint density at radius 1 is 1.24 bits per heavy atom. The molecule has 1 aliphatic rings. The fraction of sp³-hybridized carbons (Fsp3) is 0.211. The van der Waals surface area contributed by atoms with Crippen LogP contribution in [0.1, 0.15) is 18.4 Å². The van der Waals surface area contributed by atoms with Gasteiger partial charge in [-0.1, -0.05) is 42.5 Å². The fourth-order valence-electron chi connectivity index (χ4n) is 3.09. The molecule has 0 bridgehead atoms. The molecule has 0 unspecified atom stereocenters. The molecule has 4 rings (SSSR count). The van der Waals surface area contributed by atoms with E-state index in [1.165, 1.54) is 27.7 Å². The summed E-state index contributed by atoms with van der Waals surface area (Å²) in [6.45, 7) is 0.647. The topological polar surface area (TPSA) is 63.5 Å². The summed E-state index contributed by atoms with van der Waals surface area (Å²) in [6, 6.07) is 14.0. The molecule has 1 aliphatic heterocycles. The van der Waals surface area contributed by atoms with Gasteiger partial charge in [0.2, 0.25) is 5.91 Å². The van der Waals surface area contributed by atoms with Gasteiger partial charge in [0.05, 0.1) is 6.54 Å². The van der Waals surface area contributed by atoms with Crippen LogP contribution in [0.25, 0.3) is 10.8 Å². The van der Waals surface area contributed by atoms with Gasteiger partial charge in [-0.05, 0) is 22.8 Å². The fourth-order valence-corrected chi connectivity index (χ4v) is 3.83. The highest BCUT2D eigenvalue weighted by atomic mass is 32.1. The molecule has 1 saturated heterocycles. The number of carbonyl (C=O) groups is 2. The van der Waals surface area contributed by atoms with Crippen LogP contribution in [0.2, 0.25) is 0 Å². The van der Waals surface area contributed by atoms with Gasteiger partial charge < -0.3 is 9.88 Å². The van der Waals surface area contributed by atoms with E-state index in [1.807, 2.05) is 34.3 Å². The normalized spacial score (nSPS) is 17.8. The minimum Gasteiger partial charge on any atom is -0.344 e. The van der Waals surface area contributed by atoms with Crippen molar-refractivity contribution in [3.05, 3.63) is 64.4 Å². The Hall–Kier alpha value is -2.73. The Labute approximate surface area is 148 Å². The van der Waals surface area contributed by atoms with Crippen LogP contribution in [0.5, 0.6) is 0 Å². The third-order valence-corrected chi connectivity index (χ3v) is 5.17. The number of hydrogen-bond donors (Lipinski definition) is 1. The molecule has 2 amide bonds. The number of benzene rings is 2. The van der Waals surface area contributed by atoms with Crippen LogP contribution in [0.15, 0.2) is 59.0 Å². The molecule has 2 aromatic carbocycles. The number of rotatable bonds is 3. The monoisotopic (exact) mass is 351 g/mol. The van der Waals surface area contributed by atoms with Crippen molar-refractivity contribution < 1.29 is 9.59 Å². The Morgan fingerprint density at radius 3 is 2.92 bits per heavy atom. The average Bonchev–Trinajstić information content (AvgIpc) is 3.24. The van der Waals surface area contributed by atoms with Gasteiger partial charge in [-0.2, -0.15) is 4.99 Å². The number of nitrogens with zero attached hydrogens (tertiary/aromatic N) is 2. The predicted octanol–water partition coefficient (Wildman–Crippen LogP) is 2.46. The molecule has 0 saturated carbocycles. The van der Waals surface area contributed by atoms with Gasteiger partial charge in [-0.3, -0.25) is 9.59 Å². The standard InChI is InChI=1S/C19H17N3O2S/c23-17-9-8-16(20-17)18(24)21-19-22(10-11-25-19)12-14-6-3-5-13-4-1-2-7-15(13)14/h1-7,10-11,16H,8-9,12H2,(H,20,23)/t16-/m1/s1. The van der Waals surface area contributed by atoms with Gasteiger partial charge in [0.1, 0.15) is 6.04 Å². The number of carbonyl (C=O) groups excluding carboxylic acids is 2. The summed E-state index contributed by atoms with van der Waals surface area (Å²) < 4.78 is 1.97. The van der Waals surface area contributed by atoms with Gasteiger partial charge in [0.15, 0.2) is 4.80 Å². The first kappa shape index (κ1) is 15.8. The highest BCUT2D eigenvalue weighted by Crippen LogP contribution is 2.19. The number of fused-ring (bicyclic) bond motifs is 1. The third-order valence-electron chi connectivity index (χ3n) is 4.38. The predicted molar refractivity (Wildman–Crippen MR) is 97.1 cm³/mol. The van der Waals surface area contributed by atoms with Gasteiger partial charge in [0, 0.05) is 18.0 Å². The van der Waals surface area contributed by atoms with Crippen molar-refractivity contribution >= 4 is 33.9 Å². The van der Waals surface area contributed by atoms with Crippen molar-refractivity contribution in [1.29, 1.82) is 0 Å². The molecule has 0 spiro atoms. The lowest BCUT2D eigenvalue weighted by molar-refractivity contribution is -0.123. The van der Waals surface area contributed by atoms with Crippen molar-refractivity contribution in [3.8, 4) is 0 Å². The first-order valence-corrected chi connectivity index (χ1v) is 9.07. The zero-order chi connectivity index (χ0) is 17.2. The highest BCUT2D eigenvalue weighted by Gasteiger charge is 2.26. The van der Waals surface area contributed by atoms with E-state index in [1.54, 1.807) is 0 Å². The molecule has 2 heterocycles. The molecule has 5 nitrogen and oxygen atoms in total. The van der Waals surface area contributed by atoms with Gasteiger partial charge >= 0.3 is 0 Å². The van der Waals surface area contributed by atoms with Crippen LogP contribution < -0.4 is 10.1 Å². The van der Waals surface area contributed by atoms with E-state index < -0.39 is 6.04 Å². The van der Waals surface area contributed by atoms with Crippen LogP contribution in [0.4, 0.5) is 0 Å². The minimum absolute atomic E-state index is 0.0802. The van der Waals surface area contributed by atoms with Crippen LogP contribution in [0.3, 0.4) is 0 Å². The molecular weight excluding hydrogens is 334 g/mol. The van der Waals surface area contributed by atoms with Crippen molar-refractivity contribution in [3.63, 3.8) is 0 Å². The van der Waals surface area contributed by atoms with E-state index in [2.05, 4.69) is 34.6 Å². The van der Waals surface area contributed by atoms with E-state index in [0.29, 0.717) is 24.2 Å². The molecule has 0 aliphatic carbocycles. The molecule has 0 radical (unpaired) electrons. The maximum absolute atomic E-state index is 12.3. The largest absolute Gasteiger partial charge is 0.344 e. The summed E-state index contributed by atoms with van der Waals surface area (Å²) in [5.41, 5.74) is 1.18. The first-order chi connectivity index (χ1) is 12.2. The quantitative estimate of drug-likeness (QED) is 0.788. The second kappa shape index (κ2) is 6.64. The van der Waals surface area contributed by atoms with Crippen molar-refractivity contribution in [2.24, 2.45) is 4.99 Å². The number of thiazole rings is 1. The molecule has 1 aromatic heterocycles. The van der Waals surface area contributed by atoms with Gasteiger partial charge in [-0.25, -0.2) is 0 Å².